The smallest absolute Gasteiger partial charge is 0.199 e. The van der Waals surface area contributed by atoms with Crippen LogP contribution in [0.5, 0.6) is 11.5 Å². The third kappa shape index (κ3) is 7.29. The average Bonchev–Trinajstić information content (AvgIpc) is 2.98. The van der Waals surface area contributed by atoms with Crippen molar-refractivity contribution in [3.05, 3.63) is 86.5 Å². The number of aliphatic hydroxyl groups excluding tert-OH is 1. The maximum absolute atomic E-state index is 9.47. The maximum atomic E-state index is 9.47. The van der Waals surface area contributed by atoms with Gasteiger partial charge in [0.15, 0.2) is 5.71 Å². The molecule has 0 unspecified atom stereocenters. The topological polar surface area (TPSA) is 109 Å². The minimum Gasteiger partial charge on any atom is -0.491 e. The van der Waals surface area contributed by atoms with E-state index in [9.17, 15) is 5.53 Å². The van der Waals surface area contributed by atoms with Crippen molar-refractivity contribution in [1.29, 1.82) is 0 Å². The second-order valence-electron chi connectivity index (χ2n) is 11.3. The van der Waals surface area contributed by atoms with Crippen LogP contribution < -0.4 is 14.7 Å². The second-order valence-corrected chi connectivity index (χ2v) is 15.7. The summed E-state index contributed by atoms with van der Waals surface area (Å²) in [6, 6.07) is 10.4. The molecule has 0 saturated carbocycles. The molecular weight excluding hydrogens is 560 g/mol. The zero-order valence-corrected chi connectivity index (χ0v) is 27.1. The number of allylic oxidation sites excluding steroid dienone is 5. The predicted octanol–water partition coefficient (Wildman–Crippen LogP) is 5.61. The Morgan fingerprint density at radius 2 is 1.63 bits per heavy atom. The summed E-state index contributed by atoms with van der Waals surface area (Å²) in [7, 11) is 2.04. The first-order valence-corrected chi connectivity index (χ1v) is 17.8. The molecule has 1 N–H and O–H groups in total. The molecule has 2 aliphatic rings. The number of hydrogen-bond acceptors (Lipinski definition) is 6. The first-order chi connectivity index (χ1) is 20.7. The van der Waals surface area contributed by atoms with Crippen molar-refractivity contribution < 1.29 is 28.6 Å². The Hall–Kier alpha value is -3.66. The van der Waals surface area contributed by atoms with Crippen LogP contribution in [0.3, 0.4) is 0 Å². The van der Waals surface area contributed by atoms with Crippen molar-refractivity contribution >= 4 is 30.2 Å². The standard InChI is InChI=1S/C33H43N4O5Si/c1-7-13-39-15-17-41-29-22-30(42-18-16-40-14-12-38)28(35-36-34)21-27(29)33-25-10-8-23(2)19-31(25)43(5,6)32-20-24(37(3)4)9-11-26(32)33/h8-11,19-22,38H,7,12-18H2,1-6H3/q+1. The van der Waals surface area contributed by atoms with E-state index in [4.69, 9.17) is 24.1 Å². The normalized spacial score (nSPS) is 15.0. The average molecular weight is 604 g/mol. The molecule has 0 aromatic heterocycles. The molecule has 0 radical (unpaired) electrons. The van der Waals surface area contributed by atoms with Crippen molar-refractivity contribution in [1.82, 2.24) is 0 Å². The number of fused-ring (bicyclic) bond motifs is 2. The summed E-state index contributed by atoms with van der Waals surface area (Å²) in [5, 5.41) is 15.7. The fourth-order valence-corrected chi connectivity index (χ4v) is 8.61. The fourth-order valence-electron chi connectivity index (χ4n) is 5.46. The van der Waals surface area contributed by atoms with E-state index in [-0.39, 0.29) is 26.4 Å². The number of benzene rings is 2. The molecule has 2 aromatic rings. The van der Waals surface area contributed by atoms with Gasteiger partial charge in [-0.1, -0.05) is 48.9 Å². The van der Waals surface area contributed by atoms with Crippen LogP contribution in [0, 0.1) is 6.92 Å². The van der Waals surface area contributed by atoms with Gasteiger partial charge in [-0.15, -0.1) is 0 Å². The molecular formula is C33H43N4O5Si+. The Morgan fingerprint density at radius 3 is 2.30 bits per heavy atom. The lowest BCUT2D eigenvalue weighted by atomic mass is 9.88. The molecule has 10 heteroatoms. The van der Waals surface area contributed by atoms with Crippen LogP contribution in [-0.4, -0.2) is 83.8 Å². The van der Waals surface area contributed by atoms with E-state index in [1.165, 1.54) is 15.9 Å². The van der Waals surface area contributed by atoms with E-state index in [1.54, 1.807) is 6.07 Å². The summed E-state index contributed by atoms with van der Waals surface area (Å²) >= 11 is 0. The first-order valence-electron chi connectivity index (χ1n) is 14.8. The zero-order chi connectivity index (χ0) is 31.0. The molecule has 0 saturated heterocycles. The third-order valence-electron chi connectivity index (χ3n) is 7.62. The molecule has 9 nitrogen and oxygen atoms in total. The van der Waals surface area contributed by atoms with Crippen LogP contribution in [-0.2, 0) is 9.47 Å². The molecule has 1 heterocycles. The highest BCUT2D eigenvalue weighted by atomic mass is 28.3. The second kappa shape index (κ2) is 14.7. The first kappa shape index (κ1) is 32.3. The van der Waals surface area contributed by atoms with Gasteiger partial charge in [-0.2, -0.15) is 0 Å². The third-order valence-corrected chi connectivity index (χ3v) is 11.1. The number of aliphatic hydroxyl groups is 1. The van der Waals surface area contributed by atoms with Crippen LogP contribution in [0.25, 0.3) is 16.0 Å². The lowest BCUT2D eigenvalue weighted by molar-refractivity contribution is -0.462. The molecule has 1 aliphatic carbocycles. The van der Waals surface area contributed by atoms with Crippen molar-refractivity contribution in [2.75, 3.05) is 60.3 Å². The lowest BCUT2D eigenvalue weighted by Crippen LogP contribution is -2.49. The molecule has 0 amide bonds. The maximum Gasteiger partial charge on any atom is 0.199 e. The van der Waals surface area contributed by atoms with E-state index in [2.05, 4.69) is 92.1 Å². The molecule has 2 aromatic carbocycles. The zero-order valence-electron chi connectivity index (χ0n) is 26.1. The van der Waals surface area contributed by atoms with E-state index in [0.29, 0.717) is 37.0 Å². The van der Waals surface area contributed by atoms with Gasteiger partial charge in [0, 0.05) is 35.3 Å². The molecule has 0 fully saturated rings. The van der Waals surface area contributed by atoms with Gasteiger partial charge in [0.1, 0.15) is 46.9 Å². The SMILES string of the molecule is CCCOCCOc1cc(OCCOCCO)c(N=[N+]=[N-])cc1C1=C2C=CC(=[N+](C)C)C=C2[Si](C)(C)c2cc(C)ccc21. The van der Waals surface area contributed by atoms with Crippen molar-refractivity contribution in [3.63, 3.8) is 0 Å². The van der Waals surface area contributed by atoms with Crippen molar-refractivity contribution in [2.24, 2.45) is 5.11 Å². The van der Waals surface area contributed by atoms with Gasteiger partial charge in [-0.25, -0.2) is 4.58 Å². The minimum atomic E-state index is -2.09. The molecule has 228 valence electrons. The Bertz CT molecular complexity index is 1520. The van der Waals surface area contributed by atoms with Crippen molar-refractivity contribution in [2.45, 2.75) is 33.4 Å². The number of azide groups is 1. The van der Waals surface area contributed by atoms with Crippen LogP contribution in [0.4, 0.5) is 5.69 Å². The van der Waals surface area contributed by atoms with Crippen LogP contribution in [0.15, 0.2) is 64.4 Å². The molecule has 4 rings (SSSR count). The Balaban J connectivity index is 1.93. The molecule has 0 atom stereocenters. The van der Waals surface area contributed by atoms with Crippen molar-refractivity contribution in [3.8, 4) is 11.5 Å². The fraction of sp³-hybridized carbons (Fsp3) is 0.424. The van der Waals surface area contributed by atoms with Gasteiger partial charge < -0.3 is 24.1 Å². The number of rotatable bonds is 14. The van der Waals surface area contributed by atoms with Gasteiger partial charge in [0.2, 0.25) is 0 Å². The van der Waals surface area contributed by atoms with E-state index in [0.717, 1.165) is 34.4 Å². The summed E-state index contributed by atoms with van der Waals surface area (Å²) in [5.74, 6) is 1.02. The van der Waals surface area contributed by atoms with Crippen LogP contribution in [0.1, 0.15) is 30.0 Å². The van der Waals surface area contributed by atoms with Gasteiger partial charge in [0.05, 0.1) is 32.1 Å². The Morgan fingerprint density at radius 1 is 0.907 bits per heavy atom. The minimum absolute atomic E-state index is 0.0620. The highest BCUT2D eigenvalue weighted by Crippen LogP contribution is 2.46. The van der Waals surface area contributed by atoms with Gasteiger partial charge in [-0.3, -0.25) is 0 Å². The highest BCUT2D eigenvalue weighted by molar-refractivity contribution is 6.98. The molecule has 43 heavy (non-hydrogen) atoms. The summed E-state index contributed by atoms with van der Waals surface area (Å²) in [4.78, 5) is 3.10. The molecule has 0 spiro atoms. The Labute approximate surface area is 255 Å². The predicted molar refractivity (Wildman–Crippen MR) is 174 cm³/mol. The van der Waals surface area contributed by atoms with E-state index in [1.807, 2.05) is 6.07 Å². The Kier molecular flexibility index (Phi) is 11.0. The van der Waals surface area contributed by atoms with Gasteiger partial charge >= 0.3 is 0 Å². The number of nitrogens with zero attached hydrogens (tertiary/aromatic N) is 4. The van der Waals surface area contributed by atoms with E-state index < -0.39 is 8.07 Å². The highest BCUT2D eigenvalue weighted by Gasteiger charge is 2.40. The summed E-state index contributed by atoms with van der Waals surface area (Å²) < 4.78 is 25.6. The molecule has 0 bridgehead atoms. The van der Waals surface area contributed by atoms with Crippen LogP contribution >= 0.6 is 0 Å². The van der Waals surface area contributed by atoms with Gasteiger partial charge in [-0.05, 0) is 58.1 Å². The largest absolute Gasteiger partial charge is 0.491 e. The number of ether oxygens (including phenoxy) is 4. The van der Waals surface area contributed by atoms with E-state index >= 15 is 0 Å². The summed E-state index contributed by atoms with van der Waals surface area (Å²) in [5.41, 5.74) is 16.4. The summed E-state index contributed by atoms with van der Waals surface area (Å²) in [6.07, 6.45) is 7.62. The lowest BCUT2D eigenvalue weighted by Gasteiger charge is -2.38. The van der Waals surface area contributed by atoms with Crippen LogP contribution in [0.2, 0.25) is 13.1 Å². The van der Waals surface area contributed by atoms with Gasteiger partial charge in [0.25, 0.3) is 0 Å². The number of aryl methyl sites for hydroxylation is 1. The quantitative estimate of drug-likeness (QED) is 0.0754. The summed E-state index contributed by atoms with van der Waals surface area (Å²) in [6.45, 7) is 11.2. The monoisotopic (exact) mass is 603 g/mol. The number of hydrogen-bond donors (Lipinski definition) is 1. The molecule has 1 aliphatic heterocycles.